The first-order chi connectivity index (χ1) is 15.1. The standard InChI is InChI=1S/C21H30N6O4/c1-3-31-20-25-18(22)17-19(26-20)27(21(29)24-17)13-15-8-7-14(11-16(15)30-2)12-23-9-5-4-6-10-28/h7-8,11,23,28H,3-6,9-10,12-13H2,1-2H3,(H,24,29)(H2,22,25,26). The fourth-order valence-corrected chi connectivity index (χ4v) is 3.34. The van der Waals surface area contributed by atoms with Crippen molar-refractivity contribution < 1.29 is 14.6 Å². The number of ether oxygens (including phenoxy) is 2. The number of fused-ring (bicyclic) bond motifs is 1. The van der Waals surface area contributed by atoms with Gasteiger partial charge in [0, 0.05) is 18.7 Å². The predicted molar refractivity (Wildman–Crippen MR) is 118 cm³/mol. The molecule has 3 aromatic rings. The van der Waals surface area contributed by atoms with Crippen LogP contribution in [0.5, 0.6) is 11.8 Å². The summed E-state index contributed by atoms with van der Waals surface area (Å²) in [5.74, 6) is 0.851. The minimum atomic E-state index is -0.333. The van der Waals surface area contributed by atoms with Gasteiger partial charge in [0.25, 0.3) is 0 Å². The van der Waals surface area contributed by atoms with Gasteiger partial charge < -0.3 is 30.6 Å². The second kappa shape index (κ2) is 10.8. The van der Waals surface area contributed by atoms with Crippen LogP contribution in [0.2, 0.25) is 0 Å². The van der Waals surface area contributed by atoms with E-state index in [0.717, 1.165) is 36.9 Å². The van der Waals surface area contributed by atoms with E-state index >= 15 is 0 Å². The maximum Gasteiger partial charge on any atom is 0.328 e. The van der Waals surface area contributed by atoms with Crippen LogP contribution in [-0.2, 0) is 13.1 Å². The van der Waals surface area contributed by atoms with Crippen LogP contribution >= 0.6 is 0 Å². The van der Waals surface area contributed by atoms with Gasteiger partial charge in [-0.2, -0.15) is 9.97 Å². The van der Waals surface area contributed by atoms with Crippen LogP contribution in [-0.4, -0.2) is 51.5 Å². The van der Waals surface area contributed by atoms with Crippen molar-refractivity contribution >= 4 is 17.0 Å². The summed E-state index contributed by atoms with van der Waals surface area (Å²) < 4.78 is 12.4. The molecule has 5 N–H and O–H groups in total. The van der Waals surface area contributed by atoms with Crippen LogP contribution in [0.4, 0.5) is 5.82 Å². The summed E-state index contributed by atoms with van der Waals surface area (Å²) in [5, 5.41) is 12.2. The van der Waals surface area contributed by atoms with Gasteiger partial charge in [-0.05, 0) is 44.4 Å². The Hall–Kier alpha value is -3.11. The molecule has 0 spiro atoms. The molecule has 0 aliphatic heterocycles. The molecule has 0 aliphatic rings. The number of aliphatic hydroxyl groups excluding tert-OH is 1. The third-order valence-corrected chi connectivity index (χ3v) is 4.92. The van der Waals surface area contributed by atoms with E-state index in [1.54, 1.807) is 7.11 Å². The number of aromatic amines is 1. The van der Waals surface area contributed by atoms with Crippen molar-refractivity contribution in [1.82, 2.24) is 24.8 Å². The number of methoxy groups -OCH3 is 1. The van der Waals surface area contributed by atoms with Crippen LogP contribution in [0.1, 0.15) is 37.3 Å². The molecule has 0 unspecified atom stereocenters. The Kier molecular flexibility index (Phi) is 7.85. The average Bonchev–Trinajstić information content (AvgIpc) is 3.07. The van der Waals surface area contributed by atoms with E-state index in [0.29, 0.717) is 30.1 Å². The number of imidazole rings is 1. The van der Waals surface area contributed by atoms with Gasteiger partial charge in [0.15, 0.2) is 11.5 Å². The molecule has 1 aromatic carbocycles. The maximum absolute atomic E-state index is 12.6. The molecule has 0 atom stereocenters. The highest BCUT2D eigenvalue weighted by atomic mass is 16.5. The predicted octanol–water partition coefficient (Wildman–Crippen LogP) is 1.41. The molecule has 0 amide bonds. The Bertz CT molecular complexity index is 1060. The van der Waals surface area contributed by atoms with Crippen molar-refractivity contribution in [3.8, 4) is 11.8 Å². The zero-order valence-electron chi connectivity index (χ0n) is 18.0. The molecular weight excluding hydrogens is 400 g/mol. The minimum absolute atomic E-state index is 0.132. The van der Waals surface area contributed by atoms with Gasteiger partial charge in [-0.1, -0.05) is 12.1 Å². The molecule has 0 fully saturated rings. The second-order valence-corrected chi connectivity index (χ2v) is 7.15. The first kappa shape index (κ1) is 22.6. The fourth-order valence-electron chi connectivity index (χ4n) is 3.34. The van der Waals surface area contributed by atoms with Gasteiger partial charge in [0.05, 0.1) is 20.3 Å². The number of aliphatic hydroxyl groups is 1. The van der Waals surface area contributed by atoms with Gasteiger partial charge in [0.2, 0.25) is 0 Å². The zero-order chi connectivity index (χ0) is 22.2. The Morgan fingerprint density at radius 1 is 1.26 bits per heavy atom. The number of hydrogen-bond acceptors (Lipinski definition) is 8. The van der Waals surface area contributed by atoms with E-state index in [-0.39, 0.29) is 30.7 Å². The van der Waals surface area contributed by atoms with E-state index in [1.807, 2.05) is 25.1 Å². The Morgan fingerprint density at radius 3 is 2.84 bits per heavy atom. The lowest BCUT2D eigenvalue weighted by atomic mass is 10.1. The molecule has 0 saturated heterocycles. The van der Waals surface area contributed by atoms with Gasteiger partial charge in [-0.15, -0.1) is 0 Å². The first-order valence-electron chi connectivity index (χ1n) is 10.4. The molecule has 0 radical (unpaired) electrons. The van der Waals surface area contributed by atoms with Gasteiger partial charge >= 0.3 is 11.7 Å². The number of aromatic nitrogens is 4. The SMILES string of the molecule is CCOc1nc(N)c2[nH]c(=O)n(Cc3ccc(CNCCCCCO)cc3OC)c2n1. The maximum atomic E-state index is 12.6. The van der Waals surface area contributed by atoms with Crippen molar-refractivity contribution in [3.63, 3.8) is 0 Å². The first-order valence-corrected chi connectivity index (χ1v) is 10.4. The number of unbranched alkanes of at least 4 members (excludes halogenated alkanes) is 2. The minimum Gasteiger partial charge on any atom is -0.496 e. The highest BCUT2D eigenvalue weighted by molar-refractivity contribution is 5.82. The molecule has 10 nitrogen and oxygen atoms in total. The lowest BCUT2D eigenvalue weighted by Gasteiger charge is -2.12. The molecule has 0 bridgehead atoms. The number of nitrogen functional groups attached to an aromatic ring is 1. The third-order valence-electron chi connectivity index (χ3n) is 4.92. The number of nitrogens with two attached hydrogens (primary N) is 1. The topological polar surface area (TPSA) is 140 Å². The van der Waals surface area contributed by atoms with Crippen molar-refractivity contribution in [1.29, 1.82) is 0 Å². The third kappa shape index (κ3) is 5.53. The van der Waals surface area contributed by atoms with E-state index < -0.39 is 0 Å². The molecule has 10 heteroatoms. The molecule has 0 aliphatic carbocycles. The van der Waals surface area contributed by atoms with E-state index in [9.17, 15) is 4.79 Å². The van der Waals surface area contributed by atoms with Gasteiger partial charge in [-0.3, -0.25) is 4.57 Å². The number of hydrogen-bond donors (Lipinski definition) is 4. The van der Waals surface area contributed by atoms with Crippen LogP contribution in [0, 0.1) is 0 Å². The lowest BCUT2D eigenvalue weighted by molar-refractivity contribution is 0.283. The van der Waals surface area contributed by atoms with Crippen molar-refractivity contribution in [2.45, 2.75) is 39.3 Å². The number of nitrogens with zero attached hydrogens (tertiary/aromatic N) is 3. The quantitative estimate of drug-likeness (QED) is 0.316. The van der Waals surface area contributed by atoms with Crippen LogP contribution in [0.25, 0.3) is 11.2 Å². The summed E-state index contributed by atoms with van der Waals surface area (Å²) in [6.07, 6.45) is 2.86. The molecule has 168 valence electrons. The van der Waals surface area contributed by atoms with Crippen molar-refractivity contribution in [3.05, 3.63) is 39.8 Å². The Morgan fingerprint density at radius 2 is 2.10 bits per heavy atom. The number of rotatable bonds is 12. The highest BCUT2D eigenvalue weighted by Crippen LogP contribution is 2.23. The van der Waals surface area contributed by atoms with Crippen molar-refractivity contribution in [2.24, 2.45) is 0 Å². The molecule has 31 heavy (non-hydrogen) atoms. The van der Waals surface area contributed by atoms with E-state index in [2.05, 4.69) is 20.3 Å². The van der Waals surface area contributed by atoms with E-state index in [1.165, 1.54) is 4.57 Å². The Labute approximate surface area is 180 Å². The monoisotopic (exact) mass is 430 g/mol. The summed E-state index contributed by atoms with van der Waals surface area (Å²) in [4.78, 5) is 23.7. The average molecular weight is 431 g/mol. The lowest BCUT2D eigenvalue weighted by Crippen LogP contribution is -2.18. The molecule has 0 saturated carbocycles. The van der Waals surface area contributed by atoms with Gasteiger partial charge in [-0.25, -0.2) is 4.79 Å². The molecule has 2 heterocycles. The molecular formula is C21H30N6O4. The van der Waals surface area contributed by atoms with E-state index in [4.69, 9.17) is 20.3 Å². The van der Waals surface area contributed by atoms with Crippen LogP contribution in [0.15, 0.2) is 23.0 Å². The second-order valence-electron chi connectivity index (χ2n) is 7.15. The largest absolute Gasteiger partial charge is 0.496 e. The number of H-pyrrole nitrogens is 1. The Balaban J connectivity index is 1.78. The molecule has 2 aromatic heterocycles. The highest BCUT2D eigenvalue weighted by Gasteiger charge is 2.16. The van der Waals surface area contributed by atoms with Crippen molar-refractivity contribution in [2.75, 3.05) is 32.6 Å². The summed E-state index contributed by atoms with van der Waals surface area (Å²) in [6.45, 7) is 4.32. The summed E-state index contributed by atoms with van der Waals surface area (Å²) >= 11 is 0. The number of nitrogens with one attached hydrogen (secondary N) is 2. The number of benzene rings is 1. The summed E-state index contributed by atoms with van der Waals surface area (Å²) in [7, 11) is 1.61. The summed E-state index contributed by atoms with van der Waals surface area (Å²) in [5.41, 5.74) is 8.32. The van der Waals surface area contributed by atoms with Crippen LogP contribution < -0.4 is 26.2 Å². The number of anilines is 1. The van der Waals surface area contributed by atoms with Crippen LogP contribution in [0.3, 0.4) is 0 Å². The zero-order valence-corrected chi connectivity index (χ0v) is 18.0. The van der Waals surface area contributed by atoms with Gasteiger partial charge in [0.1, 0.15) is 11.3 Å². The smallest absolute Gasteiger partial charge is 0.328 e. The normalized spacial score (nSPS) is 11.2. The summed E-state index contributed by atoms with van der Waals surface area (Å²) in [6, 6.07) is 6.05. The fraction of sp³-hybridized carbons (Fsp3) is 0.476. The molecule has 3 rings (SSSR count).